The second kappa shape index (κ2) is 16.0. The van der Waals surface area contributed by atoms with Gasteiger partial charge in [0.25, 0.3) is 0 Å². The molecule has 0 aliphatic carbocycles. The Morgan fingerprint density at radius 1 is 0.773 bits per heavy atom. The van der Waals surface area contributed by atoms with E-state index in [0.717, 1.165) is 27.8 Å². The summed E-state index contributed by atoms with van der Waals surface area (Å²) in [4.78, 5) is 32.5. The van der Waals surface area contributed by atoms with E-state index in [1.807, 2.05) is 78.9 Å². The van der Waals surface area contributed by atoms with E-state index in [1.54, 1.807) is 0 Å². The molecule has 0 aliphatic heterocycles. The maximum absolute atomic E-state index is 12.3. The highest BCUT2D eigenvalue weighted by Crippen LogP contribution is 2.43. The standard InChI is InChI=1S/C33H34NO9P/c34-30(33(36)37)23-42-44(38,39)41-22-8-21-40-32(35)20-17-26-11-4-7-14-31(26)43-27-18-15-25(16-19-27)29-13-6-5-12-28(29)24-9-2-1-3-10-24/h1-7,9-16,18-19,30H,8,17,20-23,34H2,(H,36,37)(H,38,39)/t30-/m0/s1. The predicted octanol–water partition coefficient (Wildman–Crippen LogP) is 6.22. The van der Waals surface area contributed by atoms with Crippen molar-refractivity contribution in [1.82, 2.24) is 0 Å². The molecule has 2 atom stereocenters. The first-order chi connectivity index (χ1) is 21.2. The van der Waals surface area contributed by atoms with E-state index in [1.165, 1.54) is 0 Å². The van der Waals surface area contributed by atoms with Crippen molar-refractivity contribution >= 4 is 19.8 Å². The van der Waals surface area contributed by atoms with Crippen molar-refractivity contribution in [2.45, 2.75) is 25.3 Å². The maximum atomic E-state index is 12.3. The molecule has 0 bridgehead atoms. The molecule has 11 heteroatoms. The lowest BCUT2D eigenvalue weighted by Gasteiger charge is -2.14. The Balaban J connectivity index is 1.25. The van der Waals surface area contributed by atoms with E-state index in [-0.39, 0.29) is 26.1 Å². The van der Waals surface area contributed by atoms with Crippen molar-refractivity contribution in [3.05, 3.63) is 109 Å². The first-order valence-electron chi connectivity index (χ1n) is 14.0. The third-order valence-corrected chi connectivity index (χ3v) is 7.50. The number of ether oxygens (including phenoxy) is 2. The number of hydrogen-bond donors (Lipinski definition) is 3. The van der Waals surface area contributed by atoms with Crippen molar-refractivity contribution < 1.29 is 42.7 Å². The van der Waals surface area contributed by atoms with Crippen LogP contribution in [0.1, 0.15) is 18.4 Å². The highest BCUT2D eigenvalue weighted by molar-refractivity contribution is 7.47. The second-order valence-electron chi connectivity index (χ2n) is 9.76. The molecule has 0 aromatic heterocycles. The zero-order valence-corrected chi connectivity index (χ0v) is 24.8. The van der Waals surface area contributed by atoms with Crippen LogP contribution in [0.4, 0.5) is 0 Å². The van der Waals surface area contributed by atoms with Crippen LogP contribution in [0.15, 0.2) is 103 Å². The molecule has 0 saturated heterocycles. The Bertz CT molecular complexity index is 1580. The molecule has 10 nitrogen and oxygen atoms in total. The van der Waals surface area contributed by atoms with Gasteiger partial charge in [0, 0.05) is 12.8 Å². The molecular weight excluding hydrogens is 585 g/mol. The Labute approximate surface area is 255 Å². The SMILES string of the molecule is N[C@@H](COP(=O)(O)OCCCOC(=O)CCc1ccccc1Oc1ccc(-c2ccccc2-c2ccccc2)cc1)C(=O)O. The van der Waals surface area contributed by atoms with Gasteiger partial charge in [-0.15, -0.1) is 0 Å². The summed E-state index contributed by atoms with van der Waals surface area (Å²) in [6, 6.07) is 32.4. The summed E-state index contributed by atoms with van der Waals surface area (Å²) in [6.07, 6.45) is 0.624. The van der Waals surface area contributed by atoms with Crippen molar-refractivity contribution in [3.63, 3.8) is 0 Å². The number of rotatable bonds is 16. The van der Waals surface area contributed by atoms with Crippen LogP contribution in [0, 0.1) is 0 Å². The summed E-state index contributed by atoms with van der Waals surface area (Å²) in [7, 11) is -4.47. The number of carbonyl (C=O) groups is 2. The van der Waals surface area contributed by atoms with Gasteiger partial charge in [0.2, 0.25) is 0 Å². The van der Waals surface area contributed by atoms with E-state index >= 15 is 0 Å². The highest BCUT2D eigenvalue weighted by Gasteiger charge is 2.24. The van der Waals surface area contributed by atoms with E-state index in [0.29, 0.717) is 17.9 Å². The van der Waals surface area contributed by atoms with Gasteiger partial charge >= 0.3 is 19.8 Å². The average molecular weight is 620 g/mol. The molecule has 4 aromatic carbocycles. The van der Waals surface area contributed by atoms with Crippen molar-refractivity contribution in [2.75, 3.05) is 19.8 Å². The fourth-order valence-electron chi connectivity index (χ4n) is 4.26. The van der Waals surface area contributed by atoms with Crippen LogP contribution >= 0.6 is 7.82 Å². The molecule has 0 aliphatic rings. The zero-order valence-electron chi connectivity index (χ0n) is 23.9. The molecule has 4 rings (SSSR count). The lowest BCUT2D eigenvalue weighted by Crippen LogP contribution is -2.34. The molecule has 1 unspecified atom stereocenters. The zero-order chi connectivity index (χ0) is 31.4. The van der Waals surface area contributed by atoms with Crippen molar-refractivity contribution in [1.29, 1.82) is 0 Å². The molecule has 4 N–H and O–H groups in total. The summed E-state index contributed by atoms with van der Waals surface area (Å²) >= 11 is 0. The number of aliphatic carboxylic acids is 1. The first-order valence-corrected chi connectivity index (χ1v) is 15.5. The molecular formula is C33H34NO9P. The van der Waals surface area contributed by atoms with Crippen LogP contribution in [0.25, 0.3) is 22.3 Å². The number of carboxylic acids is 1. The number of hydrogen-bond acceptors (Lipinski definition) is 8. The van der Waals surface area contributed by atoms with Crippen LogP contribution in [-0.2, 0) is 34.4 Å². The molecule has 0 amide bonds. The summed E-state index contributed by atoms with van der Waals surface area (Å²) in [5.41, 5.74) is 10.5. The van der Waals surface area contributed by atoms with Gasteiger partial charge in [0.05, 0.1) is 19.8 Å². The van der Waals surface area contributed by atoms with E-state index in [9.17, 15) is 19.0 Å². The number of para-hydroxylation sites is 1. The molecule has 0 radical (unpaired) electrons. The number of aryl methyl sites for hydroxylation is 1. The summed E-state index contributed by atoms with van der Waals surface area (Å²) < 4.78 is 32.4. The first kappa shape index (κ1) is 32.6. The van der Waals surface area contributed by atoms with Crippen molar-refractivity contribution in [3.8, 4) is 33.8 Å². The number of benzene rings is 4. The number of phosphoric ester groups is 1. The maximum Gasteiger partial charge on any atom is 0.472 e. The minimum Gasteiger partial charge on any atom is -0.480 e. The predicted molar refractivity (Wildman–Crippen MR) is 165 cm³/mol. The minimum atomic E-state index is -4.47. The quantitative estimate of drug-likeness (QED) is 0.0747. The number of esters is 1. The highest BCUT2D eigenvalue weighted by atomic mass is 31.2. The fraction of sp³-hybridized carbons (Fsp3) is 0.212. The molecule has 0 spiro atoms. The number of carbonyl (C=O) groups excluding carboxylic acids is 1. The molecule has 0 fully saturated rings. The van der Waals surface area contributed by atoms with Crippen molar-refractivity contribution in [2.24, 2.45) is 5.73 Å². The monoisotopic (exact) mass is 619 g/mol. The lowest BCUT2D eigenvalue weighted by atomic mass is 9.95. The minimum absolute atomic E-state index is 0.0363. The number of carboxylic acid groups (broad SMARTS) is 1. The number of phosphoric acid groups is 1. The van der Waals surface area contributed by atoms with Gasteiger partial charge in [-0.25, -0.2) is 4.57 Å². The second-order valence-corrected chi connectivity index (χ2v) is 11.2. The molecule has 44 heavy (non-hydrogen) atoms. The average Bonchev–Trinajstić information content (AvgIpc) is 3.04. The largest absolute Gasteiger partial charge is 0.480 e. The Hall–Kier alpha value is -4.31. The smallest absolute Gasteiger partial charge is 0.472 e. The Morgan fingerprint density at radius 3 is 2.07 bits per heavy atom. The van der Waals surface area contributed by atoms with E-state index < -0.39 is 32.4 Å². The Kier molecular flexibility index (Phi) is 11.8. The fourth-order valence-corrected chi connectivity index (χ4v) is 5.04. The summed E-state index contributed by atoms with van der Waals surface area (Å²) in [5, 5.41) is 8.69. The van der Waals surface area contributed by atoms with E-state index in [2.05, 4.69) is 28.8 Å². The lowest BCUT2D eigenvalue weighted by molar-refractivity contribution is -0.143. The van der Waals surface area contributed by atoms with E-state index in [4.69, 9.17) is 24.8 Å². The van der Waals surface area contributed by atoms with Gasteiger partial charge in [-0.2, -0.15) is 0 Å². The third-order valence-electron chi connectivity index (χ3n) is 6.52. The molecule has 0 saturated carbocycles. The van der Waals surface area contributed by atoms with Gasteiger partial charge in [-0.3, -0.25) is 18.6 Å². The van der Waals surface area contributed by atoms with Crippen LogP contribution < -0.4 is 10.5 Å². The van der Waals surface area contributed by atoms with Gasteiger partial charge in [0.15, 0.2) is 0 Å². The summed E-state index contributed by atoms with van der Waals surface area (Å²) in [5.74, 6) is -0.526. The van der Waals surface area contributed by atoms with Crippen LogP contribution in [-0.4, -0.2) is 47.8 Å². The van der Waals surface area contributed by atoms with Gasteiger partial charge in [0.1, 0.15) is 17.5 Å². The Morgan fingerprint density at radius 2 is 1.39 bits per heavy atom. The third kappa shape index (κ3) is 9.87. The number of nitrogens with two attached hydrogens (primary N) is 1. The summed E-state index contributed by atoms with van der Waals surface area (Å²) in [6.45, 7) is -0.958. The van der Waals surface area contributed by atoms with Crippen LogP contribution in [0.3, 0.4) is 0 Å². The van der Waals surface area contributed by atoms with Crippen LogP contribution in [0.5, 0.6) is 11.5 Å². The van der Waals surface area contributed by atoms with Gasteiger partial charge in [-0.1, -0.05) is 84.9 Å². The van der Waals surface area contributed by atoms with Gasteiger partial charge in [-0.05, 0) is 52.4 Å². The normalized spacial score (nSPS) is 13.0. The molecule has 230 valence electrons. The molecule has 4 aromatic rings. The van der Waals surface area contributed by atoms with Crippen LogP contribution in [0.2, 0.25) is 0 Å². The molecule has 0 heterocycles. The topological polar surface area (TPSA) is 155 Å². The van der Waals surface area contributed by atoms with Gasteiger partial charge < -0.3 is 25.2 Å².